The summed E-state index contributed by atoms with van der Waals surface area (Å²) in [5.41, 5.74) is 1.22. The molecule has 12 heavy (non-hydrogen) atoms. The molecule has 0 aliphatic rings. The van der Waals surface area contributed by atoms with E-state index >= 15 is 0 Å². The minimum Gasteiger partial charge on any atom is -0.805 e. The van der Waals surface area contributed by atoms with E-state index in [2.05, 4.69) is 4.98 Å². The summed E-state index contributed by atoms with van der Waals surface area (Å²) in [7, 11) is 1.58. The van der Waals surface area contributed by atoms with Gasteiger partial charge < -0.3 is 14.7 Å². The van der Waals surface area contributed by atoms with Gasteiger partial charge in [-0.25, -0.2) is 4.98 Å². The summed E-state index contributed by atoms with van der Waals surface area (Å²) in [4.78, 5) is 3.90. The number of ether oxygens (including phenoxy) is 1. The fourth-order valence-electron chi connectivity index (χ4n) is 1.10. The molecule has 0 fully saturated rings. The van der Waals surface area contributed by atoms with Crippen molar-refractivity contribution < 1.29 is 4.74 Å². The lowest BCUT2D eigenvalue weighted by molar-refractivity contribution is 0.415. The number of fused-ring (bicyclic) bond motifs is 1. The van der Waals surface area contributed by atoms with Gasteiger partial charge in [-0.3, -0.25) is 0 Å². The van der Waals surface area contributed by atoms with Crippen molar-refractivity contribution in [3.63, 3.8) is 0 Å². The average Bonchev–Trinajstić information content (AvgIpc) is 2.47. The molecule has 62 valence electrons. The van der Waals surface area contributed by atoms with Crippen LogP contribution in [0.15, 0.2) is 24.5 Å². The van der Waals surface area contributed by atoms with E-state index in [-0.39, 0.29) is 0 Å². The highest BCUT2D eigenvalue weighted by atomic mass is 16.5. The van der Waals surface area contributed by atoms with Crippen molar-refractivity contribution in [3.05, 3.63) is 29.7 Å². The van der Waals surface area contributed by atoms with Crippen molar-refractivity contribution in [1.29, 1.82) is 0 Å². The minimum absolute atomic E-state index is 0.566. The topological polar surface area (TPSA) is 50.1 Å². The Labute approximate surface area is 69.0 Å². The standard InChI is InChI=1S/C8H7N2O2/c1-12-6-2-3-8-7(4-6)9-5-10(8)11/h2-5H,1H3/q-1. The molecule has 0 aliphatic carbocycles. The first kappa shape index (κ1) is 6.97. The van der Waals surface area contributed by atoms with Gasteiger partial charge in [-0.1, -0.05) is 0 Å². The Kier molecular flexibility index (Phi) is 1.40. The summed E-state index contributed by atoms with van der Waals surface area (Å²) in [5, 5.41) is 11.0. The molecule has 0 bridgehead atoms. The van der Waals surface area contributed by atoms with E-state index in [0.717, 1.165) is 4.73 Å². The van der Waals surface area contributed by atoms with Crippen LogP contribution < -0.4 is 4.74 Å². The number of hydrogen-bond acceptors (Lipinski definition) is 3. The summed E-state index contributed by atoms with van der Waals surface area (Å²) in [6.45, 7) is 0. The largest absolute Gasteiger partial charge is 0.805 e. The molecule has 0 amide bonds. The van der Waals surface area contributed by atoms with Crippen LogP contribution in [0.3, 0.4) is 0 Å². The van der Waals surface area contributed by atoms with Crippen LogP contribution in [0.4, 0.5) is 0 Å². The lowest BCUT2D eigenvalue weighted by Crippen LogP contribution is -1.83. The quantitative estimate of drug-likeness (QED) is 0.638. The number of benzene rings is 1. The zero-order valence-corrected chi connectivity index (χ0v) is 6.52. The number of nitrogens with zero attached hydrogens (tertiary/aromatic N) is 2. The smallest absolute Gasteiger partial charge is 0.121 e. The zero-order valence-electron chi connectivity index (χ0n) is 6.52. The second-order valence-electron chi connectivity index (χ2n) is 2.43. The molecule has 1 aromatic carbocycles. The van der Waals surface area contributed by atoms with Crippen LogP contribution in [0.2, 0.25) is 0 Å². The van der Waals surface area contributed by atoms with Crippen LogP contribution in [0.25, 0.3) is 11.0 Å². The first-order chi connectivity index (χ1) is 5.81. The van der Waals surface area contributed by atoms with E-state index in [4.69, 9.17) is 4.74 Å². The van der Waals surface area contributed by atoms with Gasteiger partial charge in [0.25, 0.3) is 0 Å². The first-order valence-electron chi connectivity index (χ1n) is 3.50. The fourth-order valence-corrected chi connectivity index (χ4v) is 1.10. The van der Waals surface area contributed by atoms with Crippen LogP contribution in [0.1, 0.15) is 0 Å². The average molecular weight is 163 g/mol. The number of hydrogen-bond donors (Lipinski definition) is 0. The van der Waals surface area contributed by atoms with Crippen LogP contribution in [-0.4, -0.2) is 16.8 Å². The maximum atomic E-state index is 11.0. The predicted molar refractivity (Wildman–Crippen MR) is 45.1 cm³/mol. The molecule has 0 aliphatic heterocycles. The van der Waals surface area contributed by atoms with Gasteiger partial charge in [-0.05, 0) is 12.1 Å². The molecule has 4 heteroatoms. The number of aromatic nitrogens is 2. The maximum absolute atomic E-state index is 11.0. The third kappa shape index (κ3) is 0.887. The second kappa shape index (κ2) is 2.41. The monoisotopic (exact) mass is 163 g/mol. The summed E-state index contributed by atoms with van der Waals surface area (Å²) in [6, 6.07) is 5.15. The van der Waals surface area contributed by atoms with E-state index in [9.17, 15) is 5.21 Å². The van der Waals surface area contributed by atoms with E-state index in [1.807, 2.05) is 0 Å². The number of methoxy groups -OCH3 is 1. The van der Waals surface area contributed by atoms with Gasteiger partial charge in [-0.15, -0.1) is 0 Å². The lowest BCUT2D eigenvalue weighted by Gasteiger charge is -2.05. The lowest BCUT2D eigenvalue weighted by atomic mass is 10.3. The normalized spacial score (nSPS) is 10.4. The summed E-state index contributed by atoms with van der Waals surface area (Å²) in [5.74, 6) is 0.709. The Bertz CT molecular complexity index is 408. The van der Waals surface area contributed by atoms with Gasteiger partial charge in [0.1, 0.15) is 5.75 Å². The minimum atomic E-state index is 0.566. The van der Waals surface area contributed by atoms with E-state index in [1.165, 1.54) is 6.33 Å². The SMILES string of the molecule is COc1ccc2c(c1)ncn2[O-]. The number of imidazole rings is 1. The third-order valence-electron chi connectivity index (χ3n) is 1.72. The molecule has 4 nitrogen and oxygen atoms in total. The molecule has 1 aromatic heterocycles. The molecular weight excluding hydrogens is 156 g/mol. The zero-order chi connectivity index (χ0) is 8.55. The van der Waals surface area contributed by atoms with E-state index in [1.54, 1.807) is 25.3 Å². The predicted octanol–water partition coefficient (Wildman–Crippen LogP) is 1.39. The number of rotatable bonds is 1. The molecule has 0 atom stereocenters. The van der Waals surface area contributed by atoms with Crippen LogP contribution >= 0.6 is 0 Å². The van der Waals surface area contributed by atoms with Gasteiger partial charge in [0.05, 0.1) is 24.5 Å². The van der Waals surface area contributed by atoms with E-state index in [0.29, 0.717) is 16.8 Å². The second-order valence-corrected chi connectivity index (χ2v) is 2.43. The van der Waals surface area contributed by atoms with Crippen molar-refractivity contribution in [3.8, 4) is 5.75 Å². The molecule has 0 N–H and O–H groups in total. The molecule has 0 unspecified atom stereocenters. The molecule has 2 aromatic rings. The molecular formula is C8H7N2O2-. The van der Waals surface area contributed by atoms with Crippen molar-refractivity contribution in [2.45, 2.75) is 0 Å². The maximum Gasteiger partial charge on any atom is 0.121 e. The van der Waals surface area contributed by atoms with Crippen molar-refractivity contribution >= 4 is 11.0 Å². The van der Waals surface area contributed by atoms with Crippen LogP contribution in [0.5, 0.6) is 5.75 Å². The highest BCUT2D eigenvalue weighted by Gasteiger charge is 1.97. The van der Waals surface area contributed by atoms with Gasteiger partial charge in [0.15, 0.2) is 0 Å². The van der Waals surface area contributed by atoms with Gasteiger partial charge in [0, 0.05) is 6.07 Å². The molecule has 0 saturated heterocycles. The summed E-state index contributed by atoms with van der Waals surface area (Å²) < 4.78 is 5.71. The highest BCUT2D eigenvalue weighted by Crippen LogP contribution is 2.18. The van der Waals surface area contributed by atoms with Crippen molar-refractivity contribution in [2.75, 3.05) is 7.11 Å². The Morgan fingerprint density at radius 1 is 1.50 bits per heavy atom. The Morgan fingerprint density at radius 2 is 2.33 bits per heavy atom. The van der Waals surface area contributed by atoms with Crippen molar-refractivity contribution in [1.82, 2.24) is 9.71 Å². The van der Waals surface area contributed by atoms with Crippen LogP contribution in [-0.2, 0) is 0 Å². The molecule has 0 radical (unpaired) electrons. The Balaban J connectivity index is 2.69. The Hall–Kier alpha value is -1.71. The molecule has 0 spiro atoms. The van der Waals surface area contributed by atoms with Crippen molar-refractivity contribution in [2.24, 2.45) is 0 Å². The molecule has 2 rings (SSSR count). The van der Waals surface area contributed by atoms with Gasteiger partial charge in [-0.2, -0.15) is 0 Å². The van der Waals surface area contributed by atoms with Gasteiger partial charge >= 0.3 is 0 Å². The molecule has 0 saturated carbocycles. The molecule has 1 heterocycles. The van der Waals surface area contributed by atoms with E-state index < -0.39 is 0 Å². The summed E-state index contributed by atoms with van der Waals surface area (Å²) >= 11 is 0. The highest BCUT2D eigenvalue weighted by molar-refractivity contribution is 5.77. The van der Waals surface area contributed by atoms with Crippen LogP contribution in [0, 0.1) is 5.21 Å². The fraction of sp³-hybridized carbons (Fsp3) is 0.125. The van der Waals surface area contributed by atoms with Gasteiger partial charge in [0.2, 0.25) is 0 Å². The first-order valence-corrected chi connectivity index (χ1v) is 3.50. The Morgan fingerprint density at radius 3 is 3.08 bits per heavy atom. The third-order valence-corrected chi connectivity index (χ3v) is 1.72. The summed E-state index contributed by atoms with van der Waals surface area (Å²) in [6.07, 6.45) is 1.24.